The monoisotopic (exact) mass is 499 g/mol. The van der Waals surface area contributed by atoms with Crippen molar-refractivity contribution < 1.29 is 39.3 Å². The van der Waals surface area contributed by atoms with Crippen molar-refractivity contribution in [3.05, 3.63) is 18.2 Å². The number of aliphatic carboxylic acids is 2. The van der Waals surface area contributed by atoms with Crippen LogP contribution in [0.3, 0.4) is 0 Å². The third kappa shape index (κ3) is 10.5. The lowest BCUT2D eigenvalue weighted by Gasteiger charge is -2.25. The third-order valence-electron chi connectivity index (χ3n) is 5.01. The third-order valence-corrected chi connectivity index (χ3v) is 5.01. The van der Waals surface area contributed by atoms with E-state index in [-0.39, 0.29) is 12.8 Å². The Morgan fingerprint density at radius 2 is 1.60 bits per heavy atom. The Morgan fingerprint density at radius 3 is 2.11 bits per heavy atom. The molecule has 0 saturated carbocycles. The molecule has 0 aliphatic carbocycles. The maximum absolute atomic E-state index is 12.9. The van der Waals surface area contributed by atoms with Gasteiger partial charge in [0.15, 0.2) is 0 Å². The maximum Gasteiger partial charge on any atom is 0.326 e. The summed E-state index contributed by atoms with van der Waals surface area (Å²) >= 11 is 0. The van der Waals surface area contributed by atoms with E-state index < -0.39 is 66.4 Å². The van der Waals surface area contributed by atoms with Gasteiger partial charge in [-0.2, -0.15) is 0 Å². The lowest BCUT2D eigenvalue weighted by Crippen LogP contribution is -2.58. The van der Waals surface area contributed by atoms with Crippen molar-refractivity contribution in [2.75, 3.05) is 6.54 Å². The molecule has 0 fully saturated rings. The molecular formula is C20H33N7O8. The van der Waals surface area contributed by atoms with E-state index in [1.807, 2.05) is 0 Å². The number of nitrogens with one attached hydrogen (secondary N) is 4. The van der Waals surface area contributed by atoms with Crippen molar-refractivity contribution in [1.29, 1.82) is 0 Å². The number of aromatic amines is 1. The van der Waals surface area contributed by atoms with Gasteiger partial charge in [-0.15, -0.1) is 0 Å². The quantitative estimate of drug-likeness (QED) is 0.102. The molecule has 196 valence electrons. The molecule has 1 rings (SSSR count). The van der Waals surface area contributed by atoms with Crippen LogP contribution in [0.2, 0.25) is 0 Å². The summed E-state index contributed by atoms with van der Waals surface area (Å²) in [5.41, 5.74) is 11.5. The number of aliphatic hydroxyl groups is 1. The zero-order chi connectivity index (χ0) is 26.5. The van der Waals surface area contributed by atoms with Gasteiger partial charge in [0, 0.05) is 18.3 Å². The van der Waals surface area contributed by atoms with Crippen LogP contribution in [0.15, 0.2) is 12.5 Å². The Kier molecular flexibility index (Phi) is 12.3. The Hall–Kier alpha value is -3.56. The van der Waals surface area contributed by atoms with E-state index >= 15 is 0 Å². The summed E-state index contributed by atoms with van der Waals surface area (Å²) in [6.45, 7) is 1.56. The van der Waals surface area contributed by atoms with E-state index in [4.69, 9.17) is 16.6 Å². The van der Waals surface area contributed by atoms with Crippen molar-refractivity contribution in [1.82, 2.24) is 25.9 Å². The fourth-order valence-corrected chi connectivity index (χ4v) is 2.99. The molecule has 11 N–H and O–H groups in total. The first-order chi connectivity index (χ1) is 16.5. The number of H-pyrrole nitrogens is 1. The molecule has 0 aromatic carbocycles. The predicted molar refractivity (Wildman–Crippen MR) is 121 cm³/mol. The lowest BCUT2D eigenvalue weighted by atomic mass is 10.1. The minimum absolute atomic E-state index is 0.0755. The number of hydrogen-bond acceptors (Lipinski definition) is 9. The summed E-state index contributed by atoms with van der Waals surface area (Å²) in [6.07, 6.45) is 1.56. The molecule has 5 atom stereocenters. The molecule has 0 bridgehead atoms. The molecule has 0 saturated heterocycles. The summed E-state index contributed by atoms with van der Waals surface area (Å²) < 4.78 is 0. The zero-order valence-corrected chi connectivity index (χ0v) is 19.3. The number of hydrogen-bond donors (Lipinski definition) is 9. The number of nitrogens with zero attached hydrogens (tertiary/aromatic N) is 1. The first-order valence-electron chi connectivity index (χ1n) is 10.9. The van der Waals surface area contributed by atoms with E-state index in [9.17, 15) is 34.2 Å². The van der Waals surface area contributed by atoms with Crippen LogP contribution in [0.4, 0.5) is 0 Å². The normalized spacial score (nSPS) is 15.2. The van der Waals surface area contributed by atoms with Crippen molar-refractivity contribution in [3.63, 3.8) is 0 Å². The number of nitrogens with two attached hydrogens (primary N) is 2. The number of carboxylic acid groups (broad SMARTS) is 2. The molecule has 15 nitrogen and oxygen atoms in total. The SMILES string of the molecule is CC(O)C(N)C(=O)NC(CC(=O)O)C(=O)NC(CCCCN)C(=O)NC(Cc1cnc[nH]1)C(=O)O. The average Bonchev–Trinajstić information content (AvgIpc) is 3.29. The molecule has 5 unspecified atom stereocenters. The largest absolute Gasteiger partial charge is 0.481 e. The van der Waals surface area contributed by atoms with Crippen LogP contribution < -0.4 is 27.4 Å². The highest BCUT2D eigenvalue weighted by atomic mass is 16.4. The molecule has 1 heterocycles. The van der Waals surface area contributed by atoms with Gasteiger partial charge < -0.3 is 47.7 Å². The highest BCUT2D eigenvalue weighted by Crippen LogP contribution is 2.06. The van der Waals surface area contributed by atoms with Gasteiger partial charge in [0.1, 0.15) is 24.2 Å². The van der Waals surface area contributed by atoms with Gasteiger partial charge in [0.25, 0.3) is 0 Å². The predicted octanol–water partition coefficient (Wildman–Crippen LogP) is -3.20. The number of aromatic nitrogens is 2. The van der Waals surface area contributed by atoms with Crippen LogP contribution >= 0.6 is 0 Å². The van der Waals surface area contributed by atoms with Crippen molar-refractivity contribution in [2.24, 2.45) is 11.5 Å². The Morgan fingerprint density at radius 1 is 1.00 bits per heavy atom. The average molecular weight is 500 g/mol. The molecule has 0 aliphatic rings. The molecule has 1 aromatic heterocycles. The number of rotatable bonds is 16. The number of unbranched alkanes of at least 4 members (excludes halogenated alkanes) is 1. The van der Waals surface area contributed by atoms with Crippen LogP contribution in [-0.2, 0) is 30.4 Å². The van der Waals surface area contributed by atoms with E-state index in [1.165, 1.54) is 19.4 Å². The van der Waals surface area contributed by atoms with Gasteiger partial charge in [-0.05, 0) is 32.7 Å². The lowest BCUT2D eigenvalue weighted by molar-refractivity contribution is -0.143. The van der Waals surface area contributed by atoms with Crippen molar-refractivity contribution in [2.45, 2.75) is 69.3 Å². The molecule has 0 spiro atoms. The van der Waals surface area contributed by atoms with Gasteiger partial charge in [-0.1, -0.05) is 0 Å². The molecule has 1 aromatic rings. The smallest absolute Gasteiger partial charge is 0.326 e. The number of aliphatic hydroxyl groups excluding tert-OH is 1. The summed E-state index contributed by atoms with van der Waals surface area (Å²) in [5, 5.41) is 35.0. The second-order valence-electron chi connectivity index (χ2n) is 7.95. The highest BCUT2D eigenvalue weighted by molar-refractivity contribution is 5.95. The number of carbonyl (C=O) groups is 5. The topological polar surface area (TPSA) is 263 Å². The van der Waals surface area contributed by atoms with Crippen molar-refractivity contribution in [3.8, 4) is 0 Å². The number of imidazole rings is 1. The molecule has 0 aliphatic heterocycles. The van der Waals surface area contributed by atoms with Gasteiger partial charge in [0.05, 0.1) is 18.9 Å². The standard InChI is InChI=1S/C20H33N7O8/c1-10(28)16(22)19(33)26-13(7-15(29)30)18(32)25-12(4-2-3-5-21)17(31)27-14(20(34)35)6-11-8-23-9-24-11/h8-10,12-14,16,28H,2-7,21-22H2,1H3,(H,23,24)(H,25,32)(H,26,33)(H,27,31)(H,29,30)(H,34,35). The highest BCUT2D eigenvalue weighted by Gasteiger charge is 2.32. The second-order valence-corrected chi connectivity index (χ2v) is 7.95. The Labute approximate surface area is 201 Å². The summed E-state index contributed by atoms with van der Waals surface area (Å²) in [6, 6.07) is -5.59. The van der Waals surface area contributed by atoms with Crippen LogP contribution in [0, 0.1) is 0 Å². The van der Waals surface area contributed by atoms with E-state index in [1.54, 1.807) is 0 Å². The van der Waals surface area contributed by atoms with Crippen LogP contribution in [-0.4, -0.2) is 91.8 Å². The second kappa shape index (κ2) is 14.6. The van der Waals surface area contributed by atoms with Gasteiger partial charge in [-0.3, -0.25) is 19.2 Å². The van der Waals surface area contributed by atoms with E-state index in [0.717, 1.165) is 0 Å². The molecule has 0 radical (unpaired) electrons. The maximum atomic E-state index is 12.9. The summed E-state index contributed by atoms with van der Waals surface area (Å²) in [4.78, 5) is 67.2. The minimum atomic E-state index is -1.60. The van der Waals surface area contributed by atoms with E-state index in [0.29, 0.717) is 25.1 Å². The fourth-order valence-electron chi connectivity index (χ4n) is 2.99. The van der Waals surface area contributed by atoms with Crippen molar-refractivity contribution >= 4 is 29.7 Å². The molecule has 35 heavy (non-hydrogen) atoms. The first kappa shape index (κ1) is 29.5. The molecular weight excluding hydrogens is 466 g/mol. The first-order valence-corrected chi connectivity index (χ1v) is 10.9. The van der Waals surface area contributed by atoms with Gasteiger partial charge in [0.2, 0.25) is 17.7 Å². The van der Waals surface area contributed by atoms with Crippen LogP contribution in [0.5, 0.6) is 0 Å². The zero-order valence-electron chi connectivity index (χ0n) is 19.3. The Balaban J connectivity index is 3.00. The summed E-state index contributed by atoms with van der Waals surface area (Å²) in [5.74, 6) is -5.50. The molecule has 3 amide bonds. The van der Waals surface area contributed by atoms with E-state index in [2.05, 4.69) is 25.9 Å². The number of carbonyl (C=O) groups excluding carboxylic acids is 3. The molecule has 15 heteroatoms. The van der Waals surface area contributed by atoms with Crippen LogP contribution in [0.25, 0.3) is 0 Å². The Bertz CT molecular complexity index is 862. The number of amides is 3. The fraction of sp³-hybridized carbons (Fsp3) is 0.600. The van der Waals surface area contributed by atoms with Gasteiger partial charge >= 0.3 is 11.9 Å². The van der Waals surface area contributed by atoms with Gasteiger partial charge in [-0.25, -0.2) is 9.78 Å². The minimum Gasteiger partial charge on any atom is -0.481 e. The number of carboxylic acids is 2. The summed E-state index contributed by atoms with van der Waals surface area (Å²) in [7, 11) is 0. The van der Waals surface area contributed by atoms with Crippen LogP contribution in [0.1, 0.15) is 38.3 Å².